The molecular weight excluding hydrogens is 368 g/mol. The number of hydrogen-bond donors (Lipinski definition) is 3. The van der Waals surface area contributed by atoms with Crippen molar-refractivity contribution in [1.82, 2.24) is 21.0 Å². The molecule has 4 rings (SSSR count). The molecule has 3 N–H and O–H groups in total. The number of fused-ring (bicyclic) bond motifs is 1. The lowest BCUT2D eigenvalue weighted by molar-refractivity contribution is 0.0844. The van der Waals surface area contributed by atoms with Crippen LogP contribution in [-0.4, -0.2) is 22.0 Å². The average Bonchev–Trinajstić information content (AvgIpc) is 2.78. The molecule has 29 heavy (non-hydrogen) atoms. The van der Waals surface area contributed by atoms with Crippen molar-refractivity contribution in [2.75, 3.05) is 0 Å². The number of H-pyrrole nitrogens is 1. The fourth-order valence-electron chi connectivity index (χ4n) is 2.98. The molecule has 7 heteroatoms. The van der Waals surface area contributed by atoms with Crippen LogP contribution in [0.15, 0.2) is 83.7 Å². The number of aromatic nitrogens is 2. The molecular formula is C22H16N4O3. The Morgan fingerprint density at radius 1 is 0.690 bits per heavy atom. The van der Waals surface area contributed by atoms with Gasteiger partial charge in [0.15, 0.2) is 5.69 Å². The summed E-state index contributed by atoms with van der Waals surface area (Å²) in [5.41, 5.74) is 6.74. The second-order valence-electron chi connectivity index (χ2n) is 6.30. The number of benzene rings is 3. The molecule has 0 fully saturated rings. The first-order valence-corrected chi connectivity index (χ1v) is 8.87. The quantitative estimate of drug-likeness (QED) is 0.472. The first-order chi connectivity index (χ1) is 14.1. The molecule has 7 nitrogen and oxygen atoms in total. The van der Waals surface area contributed by atoms with E-state index in [1.807, 2.05) is 42.5 Å². The van der Waals surface area contributed by atoms with Gasteiger partial charge in [-0.3, -0.25) is 25.2 Å². The lowest BCUT2D eigenvalue weighted by Gasteiger charge is -2.09. The first kappa shape index (κ1) is 18.1. The number of nitrogens with one attached hydrogen (secondary N) is 3. The number of aromatic amines is 1. The van der Waals surface area contributed by atoms with Crippen molar-refractivity contribution < 1.29 is 9.59 Å². The highest BCUT2D eigenvalue weighted by Gasteiger charge is 2.15. The van der Waals surface area contributed by atoms with Crippen molar-refractivity contribution in [3.8, 4) is 11.1 Å². The lowest BCUT2D eigenvalue weighted by Crippen LogP contribution is -2.42. The van der Waals surface area contributed by atoms with E-state index in [0.717, 1.165) is 11.1 Å². The van der Waals surface area contributed by atoms with Gasteiger partial charge in [-0.05, 0) is 29.3 Å². The van der Waals surface area contributed by atoms with Gasteiger partial charge in [-0.2, -0.15) is 5.10 Å². The Morgan fingerprint density at radius 3 is 2.00 bits per heavy atom. The summed E-state index contributed by atoms with van der Waals surface area (Å²) in [4.78, 5) is 36.6. The molecule has 0 spiro atoms. The van der Waals surface area contributed by atoms with Crippen LogP contribution in [0.5, 0.6) is 0 Å². The molecule has 4 aromatic rings. The van der Waals surface area contributed by atoms with E-state index in [2.05, 4.69) is 21.0 Å². The monoisotopic (exact) mass is 384 g/mol. The number of hydrazine groups is 1. The molecule has 0 bridgehead atoms. The van der Waals surface area contributed by atoms with Crippen LogP contribution in [0.3, 0.4) is 0 Å². The number of hydrogen-bond acceptors (Lipinski definition) is 4. The minimum Gasteiger partial charge on any atom is -0.267 e. The fourth-order valence-corrected chi connectivity index (χ4v) is 2.98. The number of carbonyl (C=O) groups excluding carboxylic acids is 2. The zero-order valence-electron chi connectivity index (χ0n) is 15.2. The van der Waals surface area contributed by atoms with Crippen molar-refractivity contribution >= 4 is 22.6 Å². The van der Waals surface area contributed by atoms with Crippen LogP contribution in [0.1, 0.15) is 20.8 Å². The summed E-state index contributed by atoms with van der Waals surface area (Å²) in [5, 5.41) is 6.83. The van der Waals surface area contributed by atoms with Gasteiger partial charge in [-0.15, -0.1) is 0 Å². The smallest absolute Gasteiger partial charge is 0.267 e. The van der Waals surface area contributed by atoms with Gasteiger partial charge in [0.2, 0.25) is 0 Å². The van der Waals surface area contributed by atoms with Crippen molar-refractivity contribution in [3.63, 3.8) is 0 Å². The molecule has 0 saturated carbocycles. The van der Waals surface area contributed by atoms with E-state index < -0.39 is 11.8 Å². The van der Waals surface area contributed by atoms with Crippen LogP contribution in [0, 0.1) is 0 Å². The number of nitrogens with zero attached hydrogens (tertiary/aromatic N) is 1. The van der Waals surface area contributed by atoms with E-state index in [-0.39, 0.29) is 11.3 Å². The Kier molecular flexibility index (Phi) is 4.86. The van der Waals surface area contributed by atoms with Crippen LogP contribution in [0.25, 0.3) is 21.9 Å². The molecule has 0 saturated heterocycles. The molecule has 0 atom stereocenters. The average molecular weight is 384 g/mol. The van der Waals surface area contributed by atoms with Gasteiger partial charge in [-0.1, -0.05) is 60.7 Å². The summed E-state index contributed by atoms with van der Waals surface area (Å²) in [6.07, 6.45) is 0. The predicted molar refractivity (Wildman–Crippen MR) is 109 cm³/mol. The molecule has 0 radical (unpaired) electrons. The minimum absolute atomic E-state index is 0.0138. The third-order valence-electron chi connectivity index (χ3n) is 4.45. The second-order valence-corrected chi connectivity index (χ2v) is 6.30. The highest BCUT2D eigenvalue weighted by atomic mass is 16.2. The van der Waals surface area contributed by atoms with Crippen molar-refractivity contribution in [1.29, 1.82) is 0 Å². The SMILES string of the molecule is O=C(NNC(=O)c1n[nH]c(=O)c2ccccc12)c1ccc(-c2ccccc2)cc1. The summed E-state index contributed by atoms with van der Waals surface area (Å²) < 4.78 is 0. The standard InChI is InChI=1S/C22H16N4O3/c27-20(16-12-10-15(11-13-16)14-6-2-1-3-7-14)24-26-22(29)19-17-8-4-5-9-18(17)21(28)25-23-19/h1-13H,(H,24,27)(H,25,28)(H,26,29). The number of carbonyl (C=O) groups is 2. The minimum atomic E-state index is -0.633. The van der Waals surface area contributed by atoms with Crippen LogP contribution >= 0.6 is 0 Å². The molecule has 1 aromatic heterocycles. The van der Waals surface area contributed by atoms with Crippen LogP contribution < -0.4 is 16.4 Å². The zero-order valence-corrected chi connectivity index (χ0v) is 15.2. The van der Waals surface area contributed by atoms with Crippen molar-refractivity contribution in [2.24, 2.45) is 0 Å². The molecule has 3 aromatic carbocycles. The van der Waals surface area contributed by atoms with Crippen LogP contribution in [0.4, 0.5) is 0 Å². The molecule has 0 aliphatic heterocycles. The van der Waals surface area contributed by atoms with Gasteiger partial charge in [0, 0.05) is 10.9 Å². The van der Waals surface area contributed by atoms with E-state index in [1.165, 1.54) is 0 Å². The van der Waals surface area contributed by atoms with E-state index in [1.54, 1.807) is 36.4 Å². The Bertz CT molecular complexity index is 1250. The third kappa shape index (κ3) is 3.74. The molecule has 1 heterocycles. The maximum Gasteiger partial charge on any atom is 0.290 e. The van der Waals surface area contributed by atoms with E-state index >= 15 is 0 Å². The summed E-state index contributed by atoms with van der Waals surface area (Å²) in [7, 11) is 0. The summed E-state index contributed by atoms with van der Waals surface area (Å²) >= 11 is 0. The van der Waals surface area contributed by atoms with Gasteiger partial charge in [-0.25, -0.2) is 5.10 Å². The highest BCUT2D eigenvalue weighted by Crippen LogP contribution is 2.19. The maximum atomic E-state index is 12.4. The Balaban J connectivity index is 1.47. The van der Waals surface area contributed by atoms with Crippen molar-refractivity contribution in [2.45, 2.75) is 0 Å². The topological polar surface area (TPSA) is 104 Å². The van der Waals surface area contributed by atoms with Gasteiger partial charge < -0.3 is 0 Å². The maximum absolute atomic E-state index is 12.4. The number of rotatable bonds is 3. The summed E-state index contributed by atoms with van der Waals surface area (Å²) in [6.45, 7) is 0. The Morgan fingerprint density at radius 2 is 1.28 bits per heavy atom. The molecule has 142 valence electrons. The third-order valence-corrected chi connectivity index (χ3v) is 4.45. The molecule has 0 aliphatic rings. The van der Waals surface area contributed by atoms with E-state index in [0.29, 0.717) is 16.3 Å². The highest BCUT2D eigenvalue weighted by molar-refractivity contribution is 6.06. The zero-order chi connectivity index (χ0) is 20.2. The van der Waals surface area contributed by atoms with Crippen LogP contribution in [0.2, 0.25) is 0 Å². The molecule has 2 amide bonds. The normalized spacial score (nSPS) is 10.5. The molecule has 0 aliphatic carbocycles. The Labute approximate surface area is 165 Å². The molecule has 0 unspecified atom stereocenters. The van der Waals surface area contributed by atoms with Crippen molar-refractivity contribution in [3.05, 3.63) is 100 Å². The van der Waals surface area contributed by atoms with E-state index in [4.69, 9.17) is 0 Å². The summed E-state index contributed by atoms with van der Waals surface area (Å²) in [6, 6.07) is 23.4. The van der Waals surface area contributed by atoms with E-state index in [9.17, 15) is 14.4 Å². The van der Waals surface area contributed by atoms with Gasteiger partial charge >= 0.3 is 0 Å². The first-order valence-electron chi connectivity index (χ1n) is 8.87. The Hall–Kier alpha value is -4.26. The lowest BCUT2D eigenvalue weighted by atomic mass is 10.0. The largest absolute Gasteiger partial charge is 0.290 e. The summed E-state index contributed by atoms with van der Waals surface area (Å²) in [5.74, 6) is -1.10. The van der Waals surface area contributed by atoms with Gasteiger partial charge in [0.05, 0.1) is 5.39 Å². The fraction of sp³-hybridized carbons (Fsp3) is 0. The van der Waals surface area contributed by atoms with Gasteiger partial charge in [0.25, 0.3) is 17.4 Å². The second kappa shape index (κ2) is 7.77. The predicted octanol–water partition coefficient (Wildman–Crippen LogP) is 2.66. The van der Waals surface area contributed by atoms with Crippen LogP contribution in [-0.2, 0) is 0 Å². The van der Waals surface area contributed by atoms with Gasteiger partial charge in [0.1, 0.15) is 0 Å². The number of amides is 2.